The second-order valence-corrected chi connectivity index (χ2v) is 1.18. The molecule has 42 valence electrons. The third kappa shape index (κ3) is 0.729. The summed E-state index contributed by atoms with van der Waals surface area (Å²) in [5.74, 6) is -1.31. The third-order valence-corrected chi connectivity index (χ3v) is 0.635. The lowest BCUT2D eigenvalue weighted by Gasteiger charge is -1.91. The molecule has 0 spiro atoms. The van der Waals surface area contributed by atoms with E-state index in [1.807, 2.05) is 0 Å². The molecule has 2 heteroatoms. The molecule has 0 atom stereocenters. The minimum absolute atomic E-state index is 0.537. The Bertz CT molecular complexity index is 322. The molecular weight excluding hydrogens is 104 g/mol. The van der Waals surface area contributed by atoms with Crippen LogP contribution in [0.3, 0.4) is 0 Å². The highest BCUT2D eigenvalue weighted by molar-refractivity contribution is 5.36. The lowest BCUT2D eigenvalue weighted by atomic mass is 10.3. The molecule has 0 saturated carbocycles. The fourth-order valence-electron chi connectivity index (χ4n) is 0.294. The first-order chi connectivity index (χ1) is 6.00. The summed E-state index contributed by atoms with van der Waals surface area (Å²) >= 11 is 0. The van der Waals surface area contributed by atoms with Crippen LogP contribution in [0.2, 0.25) is 0 Å². The molecule has 0 aliphatic rings. The van der Waals surface area contributed by atoms with Crippen molar-refractivity contribution < 1.29 is 15.7 Å². The smallest absolute Gasteiger partial charge is 0.293 e. The standard InChI is InChI=1S/C6H6O2/c7-5-3-1-2-4-6(5)8/h1-4,7-8H/i1D,2D,3D,4D/hD. The van der Waals surface area contributed by atoms with Crippen molar-refractivity contribution >= 4 is 0 Å². The highest BCUT2D eigenvalue weighted by Crippen LogP contribution is 2.21. The van der Waals surface area contributed by atoms with Crippen molar-refractivity contribution in [2.24, 2.45) is 0 Å². The van der Waals surface area contributed by atoms with Gasteiger partial charge >= 0.3 is 0 Å². The molecule has 0 aromatic heterocycles. The van der Waals surface area contributed by atoms with Gasteiger partial charge in [0, 0.05) is 0 Å². The van der Waals surface area contributed by atoms with Crippen LogP contribution >= 0.6 is 0 Å². The molecule has 2 N–H and O–H groups in total. The van der Waals surface area contributed by atoms with E-state index in [9.17, 15) is 0 Å². The molecular formula is C6H6O2. The fraction of sp³-hybridized carbons (Fsp3) is 0. The van der Waals surface area contributed by atoms with E-state index < -0.39 is 35.7 Å². The Morgan fingerprint density at radius 2 is 2.00 bits per heavy atom. The van der Waals surface area contributed by atoms with E-state index in [0.717, 1.165) is 0 Å². The summed E-state index contributed by atoms with van der Waals surface area (Å²) in [4.78, 5) is 0. The zero-order valence-electron chi connectivity index (χ0n) is 8.86. The number of phenols is 2. The highest BCUT2D eigenvalue weighted by atomic mass is 16.3. The number of para-hydroxylation sites is 2. The van der Waals surface area contributed by atoms with Crippen molar-refractivity contribution in [2.45, 2.75) is 0 Å². The van der Waals surface area contributed by atoms with Crippen molar-refractivity contribution in [3.8, 4) is 11.5 Å². The Morgan fingerprint density at radius 1 is 1.38 bits per heavy atom. The van der Waals surface area contributed by atoms with Crippen LogP contribution in [0.1, 0.15) is 5.48 Å². The van der Waals surface area contributed by atoms with Crippen molar-refractivity contribution in [1.82, 2.24) is 0 Å². The number of aromatic hydroxyl groups is 2. The molecule has 0 unspecified atom stereocenters. The molecule has 0 fully saturated rings. The second kappa shape index (κ2) is 1.74. The van der Waals surface area contributed by atoms with Gasteiger partial charge in [-0.05, 0) is 12.1 Å². The van der Waals surface area contributed by atoms with Crippen molar-refractivity contribution in [2.75, 3.05) is 0 Å². The Morgan fingerprint density at radius 3 is 2.62 bits per heavy atom. The van der Waals surface area contributed by atoms with Gasteiger partial charge in [-0.3, -0.25) is 0 Å². The highest BCUT2D eigenvalue weighted by Gasteiger charge is 1.90. The summed E-state index contributed by atoms with van der Waals surface area (Å²) < 4.78 is 35.1. The van der Waals surface area contributed by atoms with Gasteiger partial charge in [0.15, 0.2) is 11.5 Å². The van der Waals surface area contributed by atoms with Crippen molar-refractivity contribution in [3.05, 3.63) is 24.2 Å². The number of benzene rings is 1. The number of hydrogen-bond acceptors (Lipinski definition) is 2. The fourth-order valence-corrected chi connectivity index (χ4v) is 0.294. The first-order valence-corrected chi connectivity index (χ1v) is 1.93. The topological polar surface area (TPSA) is 40.5 Å². The molecule has 0 amide bonds. The van der Waals surface area contributed by atoms with E-state index in [1.165, 1.54) is 0 Å². The monoisotopic (exact) mass is 115 g/mol. The summed E-state index contributed by atoms with van der Waals surface area (Å²) in [7, 11) is 0. The first-order valence-electron chi connectivity index (χ1n) is 4.34. The molecule has 0 saturated heterocycles. The molecule has 0 aliphatic heterocycles. The summed E-state index contributed by atoms with van der Waals surface area (Å²) in [5.41, 5.74) is 0. The maximum atomic E-state index is 9.13. The van der Waals surface area contributed by atoms with Gasteiger partial charge < -0.3 is 10.2 Å². The van der Waals surface area contributed by atoms with Gasteiger partial charge in [0.25, 0.3) is 1.43 Å². The largest absolute Gasteiger partial charge is 0.504 e. The van der Waals surface area contributed by atoms with Gasteiger partial charge in [-0.25, -0.2) is 0 Å². The quantitative estimate of drug-likeness (QED) is 0.538. The predicted molar refractivity (Wildman–Crippen MR) is 29.8 cm³/mol. The Kier molecular flexibility index (Phi) is 0.359. The van der Waals surface area contributed by atoms with E-state index in [1.54, 1.807) is 0 Å². The van der Waals surface area contributed by atoms with Crippen molar-refractivity contribution in [1.29, 1.82) is 1.43 Å². The van der Waals surface area contributed by atoms with Crippen LogP contribution < -0.4 is 0 Å². The summed E-state index contributed by atoms with van der Waals surface area (Å²) in [6.07, 6.45) is 0. The Balaban J connectivity index is 3.56. The van der Waals surface area contributed by atoms with E-state index in [-0.39, 0.29) is 0 Å². The predicted octanol–water partition coefficient (Wildman–Crippen LogP) is 1.10. The molecule has 2 nitrogen and oxygen atoms in total. The molecule has 0 aliphatic carbocycles. The van der Waals surface area contributed by atoms with Crippen LogP contribution in [0.25, 0.3) is 0 Å². The van der Waals surface area contributed by atoms with E-state index in [4.69, 9.17) is 12.0 Å². The van der Waals surface area contributed by atoms with Crippen LogP contribution in [-0.4, -0.2) is 11.6 Å². The summed E-state index contributed by atoms with van der Waals surface area (Å²) in [6, 6.07) is -2.26. The molecule has 8 heavy (non-hydrogen) atoms. The second-order valence-electron chi connectivity index (χ2n) is 1.18. The average Bonchev–Trinajstić information content (AvgIpc) is 2.13. The minimum atomic E-state index is -0.749. The molecule has 1 aromatic carbocycles. The van der Waals surface area contributed by atoms with Crippen LogP contribution in [0, 0.1) is 0 Å². The third-order valence-electron chi connectivity index (χ3n) is 0.635. The zero-order chi connectivity index (χ0) is 10.2. The van der Waals surface area contributed by atoms with Gasteiger partial charge in [0.1, 0.15) is 0 Å². The van der Waals surface area contributed by atoms with Crippen LogP contribution in [0.5, 0.6) is 11.5 Å². The summed E-state index contributed by atoms with van der Waals surface area (Å²) in [6.45, 7) is 0. The van der Waals surface area contributed by atoms with E-state index in [0.29, 0.717) is 0 Å². The number of phenolic OH excluding ortho intramolecular Hbond substituents is 2. The van der Waals surface area contributed by atoms with Gasteiger partial charge in [0.2, 0.25) is 0 Å². The van der Waals surface area contributed by atoms with Crippen LogP contribution in [0.4, 0.5) is 0 Å². The maximum absolute atomic E-state index is 9.13. The van der Waals surface area contributed by atoms with Gasteiger partial charge in [-0.15, -0.1) is 0 Å². The van der Waals surface area contributed by atoms with Gasteiger partial charge in [-0.1, -0.05) is 12.1 Å². The normalized spacial score (nSPS) is 17.2. The Hall–Kier alpha value is -1.18. The lowest BCUT2D eigenvalue weighted by Crippen LogP contribution is -1.63. The zero-order valence-corrected chi connectivity index (χ0v) is 3.86. The summed E-state index contributed by atoms with van der Waals surface area (Å²) in [5, 5.41) is 13.0. The van der Waals surface area contributed by atoms with Crippen LogP contribution in [-0.2, 0) is 0 Å². The molecule has 0 bridgehead atoms. The van der Waals surface area contributed by atoms with Gasteiger partial charge in [0.05, 0.1) is 5.48 Å². The van der Waals surface area contributed by atoms with Gasteiger partial charge in [-0.2, -0.15) is 0 Å². The van der Waals surface area contributed by atoms with E-state index in [2.05, 4.69) is 5.11 Å². The first kappa shape index (κ1) is 1.65. The Labute approximate surface area is 54.1 Å². The lowest BCUT2D eigenvalue weighted by molar-refractivity contribution is 0.404. The number of rotatable bonds is 1. The van der Waals surface area contributed by atoms with Crippen LogP contribution in [0.15, 0.2) is 24.2 Å². The maximum Gasteiger partial charge on any atom is 0.293 e. The van der Waals surface area contributed by atoms with Crippen molar-refractivity contribution in [3.63, 3.8) is 0 Å². The molecule has 1 aromatic rings. The molecule has 1 rings (SSSR count). The number of hydrogen-bond donors (Lipinski definition) is 2. The van der Waals surface area contributed by atoms with E-state index >= 15 is 0 Å². The molecule has 0 radical (unpaired) electrons. The SMILES string of the molecule is [2H]Oc1c([2H])c([2H])c([2H])c([2H])c1O. The minimum Gasteiger partial charge on any atom is -0.504 e. The molecule has 0 heterocycles. The average molecular weight is 115 g/mol.